The van der Waals surface area contributed by atoms with Gasteiger partial charge in [0.2, 0.25) is 0 Å². The van der Waals surface area contributed by atoms with Crippen LogP contribution in [0.1, 0.15) is 76.7 Å². The zero-order valence-corrected chi connectivity index (χ0v) is 14.0. The molecule has 0 N–H and O–H groups in total. The summed E-state index contributed by atoms with van der Waals surface area (Å²) in [4.78, 5) is 0. The zero-order valence-electron chi connectivity index (χ0n) is 14.0. The SMILES string of the molecule is CCCCCCOCCCCCCCCc1ccccc1. The smallest absolute Gasteiger partial charge is 0.0466 e. The predicted molar refractivity (Wildman–Crippen MR) is 92.8 cm³/mol. The maximum Gasteiger partial charge on any atom is 0.0466 e. The molecule has 1 rings (SSSR count). The van der Waals surface area contributed by atoms with E-state index in [1.54, 1.807) is 0 Å². The number of hydrogen-bond acceptors (Lipinski definition) is 1. The van der Waals surface area contributed by atoms with Crippen LogP contribution in [0.15, 0.2) is 30.3 Å². The third kappa shape index (κ3) is 11.5. The first-order chi connectivity index (χ1) is 10.4. The van der Waals surface area contributed by atoms with Crippen molar-refractivity contribution in [1.82, 2.24) is 0 Å². The Morgan fingerprint density at radius 1 is 0.667 bits per heavy atom. The fraction of sp³-hybridized carbons (Fsp3) is 0.700. The van der Waals surface area contributed by atoms with E-state index in [0.29, 0.717) is 0 Å². The van der Waals surface area contributed by atoms with E-state index in [4.69, 9.17) is 4.74 Å². The van der Waals surface area contributed by atoms with Gasteiger partial charge in [-0.25, -0.2) is 0 Å². The van der Waals surface area contributed by atoms with E-state index in [2.05, 4.69) is 37.3 Å². The Bertz CT molecular complexity index is 307. The number of rotatable bonds is 14. The topological polar surface area (TPSA) is 9.23 Å². The van der Waals surface area contributed by atoms with Crippen LogP contribution < -0.4 is 0 Å². The van der Waals surface area contributed by atoms with Crippen molar-refractivity contribution in [2.45, 2.75) is 77.6 Å². The van der Waals surface area contributed by atoms with Crippen LogP contribution in [0.5, 0.6) is 0 Å². The second-order valence-corrected chi connectivity index (χ2v) is 6.03. The zero-order chi connectivity index (χ0) is 15.0. The third-order valence-corrected chi connectivity index (χ3v) is 3.99. The van der Waals surface area contributed by atoms with Gasteiger partial charge in [-0.05, 0) is 31.2 Å². The molecule has 120 valence electrons. The average Bonchev–Trinajstić information content (AvgIpc) is 2.53. The van der Waals surface area contributed by atoms with Gasteiger partial charge in [-0.15, -0.1) is 0 Å². The molecule has 1 aromatic rings. The molecule has 0 spiro atoms. The molecular formula is C20H34O. The summed E-state index contributed by atoms with van der Waals surface area (Å²) in [6, 6.07) is 10.8. The molecule has 0 atom stereocenters. The predicted octanol–water partition coefficient (Wildman–Crippen LogP) is 6.17. The van der Waals surface area contributed by atoms with Gasteiger partial charge in [0.25, 0.3) is 0 Å². The molecule has 0 heterocycles. The largest absolute Gasteiger partial charge is 0.381 e. The lowest BCUT2D eigenvalue weighted by Gasteiger charge is -2.04. The lowest BCUT2D eigenvalue weighted by molar-refractivity contribution is 0.125. The standard InChI is InChI=1S/C20H34O/c1-2-3-4-13-18-21-19-14-8-6-5-7-10-15-20-16-11-9-12-17-20/h9,11-12,16-17H,2-8,10,13-15,18-19H2,1H3. The summed E-state index contributed by atoms with van der Waals surface area (Å²) in [5, 5.41) is 0. The molecule has 0 aliphatic heterocycles. The van der Waals surface area contributed by atoms with Gasteiger partial charge in [-0.3, -0.25) is 0 Å². The van der Waals surface area contributed by atoms with Crippen molar-refractivity contribution in [3.05, 3.63) is 35.9 Å². The molecule has 0 fully saturated rings. The minimum Gasteiger partial charge on any atom is -0.381 e. The molecule has 0 saturated carbocycles. The minimum atomic E-state index is 0.968. The first kappa shape index (κ1) is 18.2. The Balaban J connectivity index is 1.75. The summed E-state index contributed by atoms with van der Waals surface area (Å²) in [6.45, 7) is 4.19. The molecule has 0 amide bonds. The first-order valence-electron chi connectivity index (χ1n) is 9.05. The fourth-order valence-corrected chi connectivity index (χ4v) is 2.62. The van der Waals surface area contributed by atoms with E-state index < -0.39 is 0 Å². The second kappa shape index (κ2) is 14.1. The van der Waals surface area contributed by atoms with Gasteiger partial charge in [0.1, 0.15) is 0 Å². The van der Waals surface area contributed by atoms with Crippen LogP contribution in [0.2, 0.25) is 0 Å². The molecule has 1 heteroatoms. The number of hydrogen-bond donors (Lipinski definition) is 0. The van der Waals surface area contributed by atoms with Crippen LogP contribution in [0.3, 0.4) is 0 Å². The molecule has 0 aromatic heterocycles. The van der Waals surface area contributed by atoms with Crippen LogP contribution in [-0.2, 0) is 11.2 Å². The number of unbranched alkanes of at least 4 members (excludes halogenated alkanes) is 8. The molecule has 1 nitrogen and oxygen atoms in total. The highest BCUT2D eigenvalue weighted by atomic mass is 16.5. The summed E-state index contributed by atoms with van der Waals surface area (Å²) in [7, 11) is 0. The molecule has 0 saturated heterocycles. The van der Waals surface area contributed by atoms with Crippen molar-refractivity contribution in [2.75, 3.05) is 13.2 Å². The van der Waals surface area contributed by atoms with Crippen LogP contribution in [-0.4, -0.2) is 13.2 Å². The summed E-state index contributed by atoms with van der Waals surface area (Å²) in [6.07, 6.45) is 14.5. The number of benzene rings is 1. The molecule has 0 aliphatic rings. The van der Waals surface area contributed by atoms with Gasteiger partial charge < -0.3 is 4.74 Å². The molecule has 0 bridgehead atoms. The van der Waals surface area contributed by atoms with Crippen LogP contribution in [0, 0.1) is 0 Å². The van der Waals surface area contributed by atoms with Gasteiger partial charge in [0.05, 0.1) is 0 Å². The number of aryl methyl sites for hydroxylation is 1. The maximum atomic E-state index is 5.67. The van der Waals surface area contributed by atoms with E-state index in [-0.39, 0.29) is 0 Å². The average molecular weight is 290 g/mol. The Labute approximate surface area is 132 Å². The number of ether oxygens (including phenoxy) is 1. The first-order valence-corrected chi connectivity index (χ1v) is 9.05. The quantitative estimate of drug-likeness (QED) is 0.372. The van der Waals surface area contributed by atoms with Crippen molar-refractivity contribution in [3.8, 4) is 0 Å². The molecule has 21 heavy (non-hydrogen) atoms. The molecule has 0 radical (unpaired) electrons. The van der Waals surface area contributed by atoms with E-state index in [9.17, 15) is 0 Å². The maximum absolute atomic E-state index is 5.67. The highest BCUT2D eigenvalue weighted by Gasteiger charge is 1.94. The fourth-order valence-electron chi connectivity index (χ4n) is 2.62. The molecule has 0 aliphatic carbocycles. The Kier molecular flexibility index (Phi) is 12.3. The monoisotopic (exact) mass is 290 g/mol. The van der Waals surface area contributed by atoms with Gasteiger partial charge in [0, 0.05) is 13.2 Å². The third-order valence-electron chi connectivity index (χ3n) is 3.99. The lowest BCUT2D eigenvalue weighted by Crippen LogP contribution is -1.97. The molecular weight excluding hydrogens is 256 g/mol. The normalized spacial score (nSPS) is 10.9. The van der Waals surface area contributed by atoms with E-state index in [0.717, 1.165) is 13.2 Å². The van der Waals surface area contributed by atoms with Crippen LogP contribution in [0.25, 0.3) is 0 Å². The van der Waals surface area contributed by atoms with Crippen LogP contribution in [0.4, 0.5) is 0 Å². The summed E-state index contributed by atoms with van der Waals surface area (Å²) >= 11 is 0. The van der Waals surface area contributed by atoms with Gasteiger partial charge in [-0.1, -0.05) is 82.2 Å². The lowest BCUT2D eigenvalue weighted by atomic mass is 10.1. The van der Waals surface area contributed by atoms with Crippen molar-refractivity contribution >= 4 is 0 Å². The minimum absolute atomic E-state index is 0.968. The highest BCUT2D eigenvalue weighted by molar-refractivity contribution is 5.14. The van der Waals surface area contributed by atoms with Gasteiger partial charge in [0.15, 0.2) is 0 Å². The van der Waals surface area contributed by atoms with E-state index >= 15 is 0 Å². The van der Waals surface area contributed by atoms with Crippen molar-refractivity contribution in [1.29, 1.82) is 0 Å². The van der Waals surface area contributed by atoms with Gasteiger partial charge in [-0.2, -0.15) is 0 Å². The summed E-state index contributed by atoms with van der Waals surface area (Å²) in [5.41, 5.74) is 1.48. The summed E-state index contributed by atoms with van der Waals surface area (Å²) in [5.74, 6) is 0. The Hall–Kier alpha value is -0.820. The Morgan fingerprint density at radius 2 is 1.24 bits per heavy atom. The van der Waals surface area contributed by atoms with Gasteiger partial charge >= 0.3 is 0 Å². The molecule has 1 aromatic carbocycles. The van der Waals surface area contributed by atoms with Crippen molar-refractivity contribution in [3.63, 3.8) is 0 Å². The second-order valence-electron chi connectivity index (χ2n) is 6.03. The van der Waals surface area contributed by atoms with E-state index in [1.165, 1.54) is 76.2 Å². The molecule has 0 unspecified atom stereocenters. The Morgan fingerprint density at radius 3 is 1.90 bits per heavy atom. The highest BCUT2D eigenvalue weighted by Crippen LogP contribution is 2.10. The summed E-state index contributed by atoms with van der Waals surface area (Å²) < 4.78 is 5.67. The van der Waals surface area contributed by atoms with E-state index in [1.807, 2.05) is 0 Å². The van der Waals surface area contributed by atoms with Crippen LogP contribution >= 0.6 is 0 Å². The van der Waals surface area contributed by atoms with Crippen molar-refractivity contribution in [2.24, 2.45) is 0 Å². The van der Waals surface area contributed by atoms with Crippen molar-refractivity contribution < 1.29 is 4.74 Å².